The molecule has 0 bridgehead atoms. The van der Waals surface area contributed by atoms with Gasteiger partial charge in [-0.1, -0.05) is 12.1 Å². The van der Waals surface area contributed by atoms with Gasteiger partial charge in [0.2, 0.25) is 5.78 Å². The maximum Gasteiger partial charge on any atom is 0.211 e. The molecule has 0 atom stereocenters. The van der Waals surface area contributed by atoms with Crippen LogP contribution >= 0.6 is 0 Å². The number of ketones is 1. The van der Waals surface area contributed by atoms with Crippen LogP contribution in [0.3, 0.4) is 0 Å². The molecule has 5 heteroatoms. The molecule has 1 N–H and O–H groups in total. The first-order valence-electron chi connectivity index (χ1n) is 4.97. The van der Waals surface area contributed by atoms with Crippen LogP contribution < -0.4 is 0 Å². The molecule has 1 aromatic carbocycles. The first-order valence-corrected chi connectivity index (χ1v) is 6.86. The zero-order chi connectivity index (χ0) is 12.8. The van der Waals surface area contributed by atoms with Crippen molar-refractivity contribution in [3.8, 4) is 0 Å². The molecule has 88 valence electrons. The van der Waals surface area contributed by atoms with E-state index in [1.54, 1.807) is 19.1 Å². The Balaban J connectivity index is 2.85. The van der Waals surface area contributed by atoms with E-state index >= 15 is 0 Å². The molecule has 0 fully saturated rings. The molecule has 17 heavy (non-hydrogen) atoms. The van der Waals surface area contributed by atoms with Crippen LogP contribution in [0.1, 0.15) is 22.8 Å². The number of Topliss-reactive ketones (excluding diaryl/α,β-unsaturated/α-hetero) is 1. The summed E-state index contributed by atoms with van der Waals surface area (Å²) in [5, 5.41) is 7.59. The Labute approximate surface area is 99.4 Å². The number of benzene rings is 1. The number of sulfone groups is 1. The standard InChI is InChI=1S/C12H11NO3S/c1-7-6-9-8(12(14)11(7)13)4-3-5-10(9)17(2,15)16/h3-6,13H,1-2H3. The van der Waals surface area contributed by atoms with E-state index in [4.69, 9.17) is 5.41 Å². The van der Waals surface area contributed by atoms with Gasteiger partial charge in [-0.05, 0) is 24.6 Å². The molecule has 0 heterocycles. The summed E-state index contributed by atoms with van der Waals surface area (Å²) >= 11 is 0. The SMILES string of the molecule is CC1=Cc2c(cccc2S(C)(=O)=O)C(=O)C1=N. The minimum Gasteiger partial charge on any atom is -0.297 e. The number of fused-ring (bicyclic) bond motifs is 1. The maximum atomic E-state index is 11.8. The number of carbonyl (C=O) groups is 1. The van der Waals surface area contributed by atoms with Gasteiger partial charge in [-0.25, -0.2) is 8.42 Å². The minimum absolute atomic E-state index is 0.0804. The van der Waals surface area contributed by atoms with Crippen LogP contribution in [-0.2, 0) is 9.84 Å². The third-order valence-corrected chi connectivity index (χ3v) is 3.85. The Bertz CT molecular complexity index is 669. The molecule has 0 aromatic heterocycles. The normalized spacial score (nSPS) is 15.5. The van der Waals surface area contributed by atoms with Crippen molar-refractivity contribution in [2.75, 3.05) is 6.26 Å². The molecule has 0 saturated carbocycles. The lowest BCUT2D eigenvalue weighted by Gasteiger charge is -2.16. The van der Waals surface area contributed by atoms with Gasteiger partial charge in [-0.15, -0.1) is 0 Å². The average Bonchev–Trinajstić information content (AvgIpc) is 2.24. The highest BCUT2D eigenvalue weighted by atomic mass is 32.2. The lowest BCUT2D eigenvalue weighted by atomic mass is 9.90. The van der Waals surface area contributed by atoms with Crippen LogP contribution in [0, 0.1) is 5.41 Å². The summed E-state index contributed by atoms with van der Waals surface area (Å²) in [5.74, 6) is -0.425. The fraction of sp³-hybridized carbons (Fsp3) is 0.167. The molecule has 0 aliphatic heterocycles. The van der Waals surface area contributed by atoms with Crippen molar-refractivity contribution in [3.05, 3.63) is 34.9 Å². The van der Waals surface area contributed by atoms with Gasteiger partial charge in [0.1, 0.15) is 5.71 Å². The average molecular weight is 249 g/mol. The van der Waals surface area contributed by atoms with Gasteiger partial charge in [-0.3, -0.25) is 10.2 Å². The summed E-state index contributed by atoms with van der Waals surface area (Å²) in [6, 6.07) is 4.54. The van der Waals surface area contributed by atoms with Crippen molar-refractivity contribution in [1.29, 1.82) is 5.41 Å². The second-order valence-electron chi connectivity index (χ2n) is 4.02. The van der Waals surface area contributed by atoms with Crippen LogP contribution in [0.2, 0.25) is 0 Å². The van der Waals surface area contributed by atoms with Gasteiger partial charge in [0, 0.05) is 17.4 Å². The second kappa shape index (κ2) is 3.63. The molecule has 4 nitrogen and oxygen atoms in total. The zero-order valence-corrected chi connectivity index (χ0v) is 10.3. The van der Waals surface area contributed by atoms with Gasteiger partial charge >= 0.3 is 0 Å². The highest BCUT2D eigenvalue weighted by molar-refractivity contribution is 7.90. The van der Waals surface area contributed by atoms with E-state index in [1.165, 1.54) is 12.1 Å². The summed E-state index contributed by atoms with van der Waals surface area (Å²) in [7, 11) is -3.38. The number of nitrogens with one attached hydrogen (secondary N) is 1. The number of carbonyl (C=O) groups excluding carboxylic acids is 1. The van der Waals surface area contributed by atoms with E-state index in [0.717, 1.165) is 6.26 Å². The predicted octanol–water partition coefficient (Wildman–Crippen LogP) is 1.71. The topological polar surface area (TPSA) is 75.1 Å². The Morgan fingerprint density at radius 3 is 2.47 bits per heavy atom. The van der Waals surface area contributed by atoms with Crippen molar-refractivity contribution in [2.45, 2.75) is 11.8 Å². The molecule has 0 amide bonds. The molecule has 1 aliphatic carbocycles. The molecular weight excluding hydrogens is 238 g/mol. The first-order chi connectivity index (χ1) is 7.82. The van der Waals surface area contributed by atoms with Gasteiger partial charge in [0.05, 0.1) is 4.90 Å². The Kier molecular flexibility index (Phi) is 2.50. The molecule has 1 aromatic rings. The van der Waals surface area contributed by atoms with Gasteiger partial charge < -0.3 is 0 Å². The second-order valence-corrected chi connectivity index (χ2v) is 6.01. The summed E-state index contributed by atoms with van der Waals surface area (Å²) in [6.45, 7) is 1.63. The van der Waals surface area contributed by atoms with Crippen LogP contribution in [0.5, 0.6) is 0 Å². The van der Waals surface area contributed by atoms with Crippen molar-refractivity contribution in [1.82, 2.24) is 0 Å². The van der Waals surface area contributed by atoms with E-state index in [1.807, 2.05) is 0 Å². The molecule has 1 aliphatic rings. The molecule has 2 rings (SSSR count). The van der Waals surface area contributed by atoms with E-state index in [2.05, 4.69) is 0 Å². The molecular formula is C12H11NO3S. The lowest BCUT2D eigenvalue weighted by molar-refractivity contribution is 0.106. The number of hydrogen-bond donors (Lipinski definition) is 1. The van der Waals surface area contributed by atoms with Gasteiger partial charge in [-0.2, -0.15) is 0 Å². The van der Waals surface area contributed by atoms with Crippen molar-refractivity contribution >= 4 is 27.4 Å². The fourth-order valence-corrected chi connectivity index (χ4v) is 2.71. The maximum absolute atomic E-state index is 11.8. The third kappa shape index (κ3) is 1.82. The molecule has 0 radical (unpaired) electrons. The summed E-state index contributed by atoms with van der Waals surface area (Å²) in [4.78, 5) is 12.0. The Morgan fingerprint density at radius 2 is 1.88 bits per heavy atom. The van der Waals surface area contributed by atoms with Crippen LogP contribution in [0.25, 0.3) is 6.08 Å². The zero-order valence-electron chi connectivity index (χ0n) is 9.44. The van der Waals surface area contributed by atoms with E-state index in [9.17, 15) is 13.2 Å². The molecule has 0 saturated heterocycles. The first kappa shape index (κ1) is 11.7. The highest BCUT2D eigenvalue weighted by Gasteiger charge is 2.26. The molecule has 0 unspecified atom stereocenters. The number of rotatable bonds is 1. The minimum atomic E-state index is -3.38. The van der Waals surface area contributed by atoms with Crippen LogP contribution in [0.15, 0.2) is 28.7 Å². The lowest BCUT2D eigenvalue weighted by Crippen LogP contribution is -2.20. The summed E-state index contributed by atoms with van der Waals surface area (Å²) < 4.78 is 23.2. The van der Waals surface area contributed by atoms with E-state index < -0.39 is 15.6 Å². The van der Waals surface area contributed by atoms with Crippen molar-refractivity contribution in [3.63, 3.8) is 0 Å². The van der Waals surface area contributed by atoms with E-state index in [0.29, 0.717) is 11.1 Å². The Morgan fingerprint density at radius 1 is 1.24 bits per heavy atom. The van der Waals surface area contributed by atoms with Gasteiger partial charge in [0.15, 0.2) is 9.84 Å². The predicted molar refractivity (Wildman–Crippen MR) is 65.3 cm³/mol. The van der Waals surface area contributed by atoms with Crippen molar-refractivity contribution < 1.29 is 13.2 Å². The highest BCUT2D eigenvalue weighted by Crippen LogP contribution is 2.27. The summed E-state index contributed by atoms with van der Waals surface area (Å²) in [6.07, 6.45) is 2.69. The van der Waals surface area contributed by atoms with Crippen LogP contribution in [-0.4, -0.2) is 26.2 Å². The van der Waals surface area contributed by atoms with E-state index in [-0.39, 0.29) is 16.2 Å². The smallest absolute Gasteiger partial charge is 0.211 e. The third-order valence-electron chi connectivity index (χ3n) is 2.69. The number of hydrogen-bond acceptors (Lipinski definition) is 4. The quantitative estimate of drug-likeness (QED) is 0.823. The monoisotopic (exact) mass is 249 g/mol. The summed E-state index contributed by atoms with van der Waals surface area (Å²) in [5.41, 5.74) is 1.08. The van der Waals surface area contributed by atoms with Gasteiger partial charge in [0.25, 0.3) is 0 Å². The van der Waals surface area contributed by atoms with Crippen molar-refractivity contribution in [2.24, 2.45) is 0 Å². The fourth-order valence-electron chi connectivity index (χ4n) is 1.82. The van der Waals surface area contributed by atoms with Crippen LogP contribution in [0.4, 0.5) is 0 Å². The molecule has 0 spiro atoms. The largest absolute Gasteiger partial charge is 0.297 e. The Hall–Kier alpha value is -1.75. The number of allylic oxidation sites excluding steroid dienone is 1.